The summed E-state index contributed by atoms with van der Waals surface area (Å²) < 4.78 is 39.9. The van der Waals surface area contributed by atoms with Gasteiger partial charge in [0, 0.05) is 19.2 Å². The molecule has 1 saturated heterocycles. The van der Waals surface area contributed by atoms with Gasteiger partial charge < -0.3 is 19.5 Å². The first-order valence-electron chi connectivity index (χ1n) is 7.20. The van der Waals surface area contributed by atoms with Crippen molar-refractivity contribution in [1.29, 1.82) is 0 Å². The van der Waals surface area contributed by atoms with Crippen LogP contribution < -0.4 is 14.8 Å². The molecule has 1 fully saturated rings. The summed E-state index contributed by atoms with van der Waals surface area (Å²) >= 11 is 0. The van der Waals surface area contributed by atoms with Crippen LogP contribution in [-0.2, 0) is 11.3 Å². The van der Waals surface area contributed by atoms with Crippen LogP contribution in [0.1, 0.15) is 25.3 Å². The number of ether oxygens (including phenoxy) is 3. The quantitative estimate of drug-likeness (QED) is 0.840. The fourth-order valence-electron chi connectivity index (χ4n) is 2.29. The number of alkyl halides is 2. The van der Waals surface area contributed by atoms with Crippen molar-refractivity contribution < 1.29 is 23.0 Å². The van der Waals surface area contributed by atoms with E-state index >= 15 is 0 Å². The molecule has 1 unspecified atom stereocenters. The Kier molecular flexibility index (Phi) is 6.20. The zero-order chi connectivity index (χ0) is 15.1. The second-order valence-electron chi connectivity index (χ2n) is 4.89. The lowest BCUT2D eigenvalue weighted by atomic mass is 10.1. The standard InChI is InChI=1S/C15H21F2NO3/c1-2-20-14-8-11(5-6-13(14)21-15(16)17)9-18-12-4-3-7-19-10-12/h5-6,8,12,15,18H,2-4,7,9-10H2,1H3. The molecule has 0 amide bonds. The van der Waals surface area contributed by atoms with Gasteiger partial charge in [0.1, 0.15) is 0 Å². The fourth-order valence-corrected chi connectivity index (χ4v) is 2.29. The Morgan fingerprint density at radius 1 is 1.38 bits per heavy atom. The highest BCUT2D eigenvalue weighted by Crippen LogP contribution is 2.30. The van der Waals surface area contributed by atoms with Crippen molar-refractivity contribution in [2.24, 2.45) is 0 Å². The van der Waals surface area contributed by atoms with E-state index in [0.29, 0.717) is 31.5 Å². The van der Waals surface area contributed by atoms with Crippen LogP contribution in [0.15, 0.2) is 18.2 Å². The molecule has 1 heterocycles. The van der Waals surface area contributed by atoms with E-state index in [2.05, 4.69) is 10.1 Å². The number of rotatable bonds is 7. The molecule has 1 aliphatic rings. The lowest BCUT2D eigenvalue weighted by Crippen LogP contribution is -2.36. The Labute approximate surface area is 123 Å². The summed E-state index contributed by atoms with van der Waals surface area (Å²) in [4.78, 5) is 0. The third kappa shape index (κ3) is 5.13. The van der Waals surface area contributed by atoms with Gasteiger partial charge in [-0.3, -0.25) is 0 Å². The largest absolute Gasteiger partial charge is 0.490 e. The van der Waals surface area contributed by atoms with Crippen molar-refractivity contribution in [3.63, 3.8) is 0 Å². The van der Waals surface area contributed by atoms with Crippen molar-refractivity contribution in [1.82, 2.24) is 5.32 Å². The molecule has 21 heavy (non-hydrogen) atoms. The van der Waals surface area contributed by atoms with Crippen LogP contribution in [-0.4, -0.2) is 32.5 Å². The maximum absolute atomic E-state index is 12.3. The monoisotopic (exact) mass is 301 g/mol. The molecule has 0 aliphatic carbocycles. The molecule has 1 atom stereocenters. The molecule has 1 N–H and O–H groups in total. The van der Waals surface area contributed by atoms with E-state index in [1.807, 2.05) is 0 Å². The number of nitrogens with one attached hydrogen (secondary N) is 1. The van der Waals surface area contributed by atoms with Gasteiger partial charge in [0.05, 0.1) is 13.2 Å². The predicted octanol–water partition coefficient (Wildman–Crippen LogP) is 2.96. The molecular formula is C15H21F2NO3. The van der Waals surface area contributed by atoms with E-state index in [1.165, 1.54) is 6.07 Å². The molecule has 0 aromatic heterocycles. The zero-order valence-corrected chi connectivity index (χ0v) is 12.1. The summed E-state index contributed by atoms with van der Waals surface area (Å²) in [6.07, 6.45) is 2.15. The van der Waals surface area contributed by atoms with Gasteiger partial charge in [-0.1, -0.05) is 6.07 Å². The molecule has 0 bridgehead atoms. The maximum atomic E-state index is 12.3. The molecule has 1 aliphatic heterocycles. The lowest BCUT2D eigenvalue weighted by Gasteiger charge is -2.23. The predicted molar refractivity (Wildman–Crippen MR) is 74.9 cm³/mol. The van der Waals surface area contributed by atoms with Gasteiger partial charge in [0.25, 0.3) is 0 Å². The Morgan fingerprint density at radius 3 is 2.90 bits per heavy atom. The summed E-state index contributed by atoms with van der Waals surface area (Å²) in [5.41, 5.74) is 0.964. The molecule has 2 rings (SSSR count). The van der Waals surface area contributed by atoms with Crippen LogP contribution >= 0.6 is 0 Å². The third-order valence-corrected chi connectivity index (χ3v) is 3.28. The topological polar surface area (TPSA) is 39.7 Å². The third-order valence-electron chi connectivity index (χ3n) is 3.28. The van der Waals surface area contributed by atoms with Gasteiger partial charge in [0.2, 0.25) is 0 Å². The van der Waals surface area contributed by atoms with Gasteiger partial charge in [-0.15, -0.1) is 0 Å². The summed E-state index contributed by atoms with van der Waals surface area (Å²) in [5, 5.41) is 3.40. The van der Waals surface area contributed by atoms with E-state index < -0.39 is 6.61 Å². The Hall–Kier alpha value is -1.40. The summed E-state index contributed by atoms with van der Waals surface area (Å²) in [7, 11) is 0. The summed E-state index contributed by atoms with van der Waals surface area (Å²) in [6, 6.07) is 5.35. The van der Waals surface area contributed by atoms with Crippen molar-refractivity contribution in [3.8, 4) is 11.5 Å². The molecule has 1 aromatic carbocycles. The minimum absolute atomic E-state index is 0.0663. The summed E-state index contributed by atoms with van der Waals surface area (Å²) in [6.45, 7) is 1.52. The van der Waals surface area contributed by atoms with Crippen molar-refractivity contribution in [2.45, 2.75) is 39.0 Å². The molecular weight excluding hydrogens is 280 g/mol. The van der Waals surface area contributed by atoms with Crippen LogP contribution in [0.3, 0.4) is 0 Å². The van der Waals surface area contributed by atoms with Gasteiger partial charge in [-0.05, 0) is 37.5 Å². The molecule has 4 nitrogen and oxygen atoms in total. The second-order valence-corrected chi connectivity index (χ2v) is 4.89. The van der Waals surface area contributed by atoms with Crippen LogP contribution in [0.4, 0.5) is 8.78 Å². The van der Waals surface area contributed by atoms with Crippen LogP contribution in [0.2, 0.25) is 0 Å². The number of benzene rings is 1. The van der Waals surface area contributed by atoms with Crippen molar-refractivity contribution in [2.75, 3.05) is 19.8 Å². The molecule has 6 heteroatoms. The highest BCUT2D eigenvalue weighted by atomic mass is 19.3. The Morgan fingerprint density at radius 2 is 2.24 bits per heavy atom. The maximum Gasteiger partial charge on any atom is 0.387 e. The number of halogens is 2. The van der Waals surface area contributed by atoms with Gasteiger partial charge in [-0.25, -0.2) is 0 Å². The Bertz CT molecular complexity index is 437. The van der Waals surface area contributed by atoms with Crippen molar-refractivity contribution in [3.05, 3.63) is 23.8 Å². The van der Waals surface area contributed by atoms with E-state index in [-0.39, 0.29) is 5.75 Å². The average molecular weight is 301 g/mol. The van der Waals surface area contributed by atoms with Crippen LogP contribution in [0.25, 0.3) is 0 Å². The highest BCUT2D eigenvalue weighted by molar-refractivity contribution is 5.43. The molecule has 0 spiro atoms. The van der Waals surface area contributed by atoms with E-state index in [1.54, 1.807) is 19.1 Å². The van der Waals surface area contributed by atoms with Gasteiger partial charge in [0.15, 0.2) is 11.5 Å². The van der Waals surface area contributed by atoms with E-state index in [0.717, 1.165) is 25.0 Å². The van der Waals surface area contributed by atoms with Gasteiger partial charge >= 0.3 is 6.61 Å². The first-order valence-corrected chi connectivity index (χ1v) is 7.20. The molecule has 0 radical (unpaired) electrons. The smallest absolute Gasteiger partial charge is 0.387 e. The van der Waals surface area contributed by atoms with Crippen LogP contribution in [0.5, 0.6) is 11.5 Å². The van der Waals surface area contributed by atoms with E-state index in [4.69, 9.17) is 9.47 Å². The van der Waals surface area contributed by atoms with Crippen molar-refractivity contribution >= 4 is 0 Å². The molecule has 0 saturated carbocycles. The van der Waals surface area contributed by atoms with Crippen LogP contribution in [0, 0.1) is 0 Å². The first kappa shape index (κ1) is 16.0. The highest BCUT2D eigenvalue weighted by Gasteiger charge is 2.14. The SMILES string of the molecule is CCOc1cc(CNC2CCCOC2)ccc1OC(F)F. The van der Waals surface area contributed by atoms with E-state index in [9.17, 15) is 8.78 Å². The molecule has 1 aromatic rings. The minimum atomic E-state index is -2.85. The lowest BCUT2D eigenvalue weighted by molar-refractivity contribution is -0.0514. The average Bonchev–Trinajstić information content (AvgIpc) is 2.48. The fraction of sp³-hybridized carbons (Fsp3) is 0.600. The van der Waals surface area contributed by atoms with Gasteiger partial charge in [-0.2, -0.15) is 8.78 Å². The second kappa shape index (κ2) is 8.14. The number of hydrogen-bond donors (Lipinski definition) is 1. The minimum Gasteiger partial charge on any atom is -0.490 e. The first-order chi connectivity index (χ1) is 10.2. The zero-order valence-electron chi connectivity index (χ0n) is 12.1. The normalized spacial score (nSPS) is 18.8. The summed E-state index contributed by atoms with van der Waals surface area (Å²) in [5.74, 6) is 0.411. The molecule has 118 valence electrons. The number of hydrogen-bond acceptors (Lipinski definition) is 4. The Balaban J connectivity index is 1.97.